The monoisotopic (exact) mass is 194 g/mol. The summed E-state index contributed by atoms with van der Waals surface area (Å²) in [6.07, 6.45) is 0.0406. The Balaban J connectivity index is 2.80. The summed E-state index contributed by atoms with van der Waals surface area (Å²) in [5.74, 6) is -1.80. The minimum atomic E-state index is -1.21. The van der Waals surface area contributed by atoms with Gasteiger partial charge in [0.1, 0.15) is 5.83 Å². The van der Waals surface area contributed by atoms with Gasteiger partial charge in [0, 0.05) is 6.42 Å². The highest BCUT2D eigenvalue weighted by Crippen LogP contribution is 2.13. The van der Waals surface area contributed by atoms with Gasteiger partial charge in [-0.05, 0) is 12.5 Å². The van der Waals surface area contributed by atoms with Gasteiger partial charge in [0.15, 0.2) is 0 Å². The number of carbonyl (C=O) groups is 1. The fraction of sp³-hybridized carbons (Fsp3) is 0.182. The second kappa shape index (κ2) is 4.56. The minimum absolute atomic E-state index is 0.0406. The average molecular weight is 194 g/mol. The van der Waals surface area contributed by atoms with Gasteiger partial charge >= 0.3 is 5.97 Å². The van der Waals surface area contributed by atoms with E-state index >= 15 is 0 Å². The maximum Gasteiger partial charge on any atom is 0.333 e. The highest BCUT2D eigenvalue weighted by Gasteiger charge is 2.08. The van der Waals surface area contributed by atoms with Gasteiger partial charge in [0.25, 0.3) is 0 Å². The molecule has 0 amide bonds. The van der Waals surface area contributed by atoms with Crippen molar-refractivity contribution in [3.05, 3.63) is 47.3 Å². The molecule has 1 aromatic rings. The number of halogens is 1. The smallest absolute Gasteiger partial charge is 0.333 e. The third-order valence-electron chi connectivity index (χ3n) is 1.93. The van der Waals surface area contributed by atoms with E-state index in [9.17, 15) is 9.18 Å². The molecule has 14 heavy (non-hydrogen) atoms. The first-order chi connectivity index (χ1) is 6.61. The Bertz CT molecular complexity index is 355. The van der Waals surface area contributed by atoms with E-state index < -0.39 is 11.8 Å². The van der Waals surface area contributed by atoms with Crippen LogP contribution in [0.5, 0.6) is 0 Å². The summed E-state index contributed by atoms with van der Waals surface area (Å²) in [5.41, 5.74) is 0.541. The molecule has 3 heteroatoms. The average Bonchev–Trinajstić information content (AvgIpc) is 2.18. The van der Waals surface area contributed by atoms with Crippen LogP contribution in [0.15, 0.2) is 41.7 Å². The first kappa shape index (κ1) is 10.4. The molecule has 0 radical (unpaired) electrons. The Morgan fingerprint density at radius 2 is 1.93 bits per heavy atom. The molecule has 0 spiro atoms. The topological polar surface area (TPSA) is 37.3 Å². The van der Waals surface area contributed by atoms with E-state index in [1.165, 1.54) is 6.92 Å². The number of allylic oxidation sites excluding steroid dienone is 1. The first-order valence-electron chi connectivity index (χ1n) is 4.23. The van der Waals surface area contributed by atoms with Crippen LogP contribution in [-0.2, 0) is 11.2 Å². The summed E-state index contributed by atoms with van der Waals surface area (Å²) in [6, 6.07) is 8.93. The lowest BCUT2D eigenvalue weighted by Gasteiger charge is -2.00. The van der Waals surface area contributed by atoms with Gasteiger partial charge < -0.3 is 5.11 Å². The van der Waals surface area contributed by atoms with Crippen LogP contribution >= 0.6 is 0 Å². The molecule has 0 unspecified atom stereocenters. The molecule has 1 N–H and O–H groups in total. The number of rotatable bonds is 3. The molecule has 0 saturated heterocycles. The van der Waals surface area contributed by atoms with Crippen LogP contribution in [0.3, 0.4) is 0 Å². The SMILES string of the molecule is C/C(C(=O)O)=C(\F)Cc1ccccc1. The van der Waals surface area contributed by atoms with Crippen molar-refractivity contribution < 1.29 is 14.3 Å². The highest BCUT2D eigenvalue weighted by atomic mass is 19.1. The van der Waals surface area contributed by atoms with E-state index in [0.29, 0.717) is 0 Å². The van der Waals surface area contributed by atoms with Crippen LogP contribution < -0.4 is 0 Å². The molecule has 2 nitrogen and oxygen atoms in total. The van der Waals surface area contributed by atoms with Gasteiger partial charge in [-0.3, -0.25) is 0 Å². The normalized spacial score (nSPS) is 12.1. The molecule has 1 rings (SSSR count). The zero-order valence-corrected chi connectivity index (χ0v) is 7.83. The van der Waals surface area contributed by atoms with Crippen LogP contribution in [0.1, 0.15) is 12.5 Å². The first-order valence-corrected chi connectivity index (χ1v) is 4.23. The van der Waals surface area contributed by atoms with E-state index in [1.807, 2.05) is 6.07 Å². The summed E-state index contributed by atoms with van der Waals surface area (Å²) in [6.45, 7) is 1.26. The minimum Gasteiger partial charge on any atom is -0.478 e. The Morgan fingerprint density at radius 3 is 2.43 bits per heavy atom. The Hall–Kier alpha value is -1.64. The van der Waals surface area contributed by atoms with Gasteiger partial charge in [0.2, 0.25) is 0 Å². The summed E-state index contributed by atoms with van der Waals surface area (Å²) >= 11 is 0. The molecule has 0 heterocycles. The quantitative estimate of drug-likeness (QED) is 0.751. The predicted octanol–water partition coefficient (Wildman–Crippen LogP) is 2.56. The lowest BCUT2D eigenvalue weighted by Crippen LogP contribution is -2.00. The van der Waals surface area contributed by atoms with Gasteiger partial charge in [-0.25, -0.2) is 9.18 Å². The van der Waals surface area contributed by atoms with Crippen molar-refractivity contribution in [2.45, 2.75) is 13.3 Å². The Morgan fingerprint density at radius 1 is 1.36 bits per heavy atom. The molecular weight excluding hydrogens is 183 g/mol. The predicted molar refractivity (Wildman–Crippen MR) is 51.6 cm³/mol. The summed E-state index contributed by atoms with van der Waals surface area (Å²) < 4.78 is 13.2. The molecule has 0 aliphatic carbocycles. The van der Waals surface area contributed by atoms with Crippen molar-refractivity contribution in [2.75, 3.05) is 0 Å². The van der Waals surface area contributed by atoms with E-state index in [2.05, 4.69) is 0 Å². The zero-order valence-electron chi connectivity index (χ0n) is 7.83. The molecule has 74 valence electrons. The van der Waals surface area contributed by atoms with Crippen molar-refractivity contribution in [3.63, 3.8) is 0 Å². The van der Waals surface area contributed by atoms with E-state index in [0.717, 1.165) is 5.56 Å². The molecule has 0 bridgehead atoms. The molecule has 0 fully saturated rings. The van der Waals surface area contributed by atoms with E-state index in [-0.39, 0.29) is 12.0 Å². The number of hydrogen-bond donors (Lipinski definition) is 1. The maximum absolute atomic E-state index is 13.2. The standard InChI is InChI=1S/C11H11FO2/c1-8(11(13)14)10(12)7-9-5-3-2-4-6-9/h2-6H,7H2,1H3,(H,13,14)/b10-8+. The second-order valence-corrected chi connectivity index (χ2v) is 3.00. The molecular formula is C11H11FO2. The molecule has 0 saturated carbocycles. The van der Waals surface area contributed by atoms with E-state index in [4.69, 9.17) is 5.11 Å². The van der Waals surface area contributed by atoms with Gasteiger partial charge in [-0.15, -0.1) is 0 Å². The third-order valence-corrected chi connectivity index (χ3v) is 1.93. The summed E-state index contributed by atoms with van der Waals surface area (Å²) in [4.78, 5) is 10.4. The molecule has 1 aromatic carbocycles. The fourth-order valence-corrected chi connectivity index (χ4v) is 1.02. The van der Waals surface area contributed by atoms with Crippen molar-refractivity contribution in [2.24, 2.45) is 0 Å². The van der Waals surface area contributed by atoms with E-state index in [1.54, 1.807) is 24.3 Å². The summed E-state index contributed by atoms with van der Waals surface area (Å²) in [5, 5.41) is 8.53. The zero-order chi connectivity index (χ0) is 10.6. The van der Waals surface area contributed by atoms with Crippen LogP contribution in [0.4, 0.5) is 4.39 Å². The lowest BCUT2D eigenvalue weighted by molar-refractivity contribution is -0.132. The number of carboxylic acid groups (broad SMARTS) is 1. The van der Waals surface area contributed by atoms with Crippen LogP contribution in [0.2, 0.25) is 0 Å². The van der Waals surface area contributed by atoms with Gasteiger partial charge in [0.05, 0.1) is 5.57 Å². The van der Waals surface area contributed by atoms with Crippen LogP contribution in [-0.4, -0.2) is 11.1 Å². The lowest BCUT2D eigenvalue weighted by atomic mass is 10.1. The van der Waals surface area contributed by atoms with Crippen LogP contribution in [0.25, 0.3) is 0 Å². The fourth-order valence-electron chi connectivity index (χ4n) is 1.02. The van der Waals surface area contributed by atoms with Crippen molar-refractivity contribution in [1.29, 1.82) is 0 Å². The molecule has 0 atom stereocenters. The summed E-state index contributed by atoms with van der Waals surface area (Å²) in [7, 11) is 0. The maximum atomic E-state index is 13.2. The number of benzene rings is 1. The van der Waals surface area contributed by atoms with Gasteiger partial charge in [-0.2, -0.15) is 0 Å². The molecule has 0 aromatic heterocycles. The Labute approximate surface area is 81.7 Å². The van der Waals surface area contributed by atoms with Crippen molar-refractivity contribution >= 4 is 5.97 Å². The Kier molecular flexibility index (Phi) is 3.40. The third kappa shape index (κ3) is 2.69. The van der Waals surface area contributed by atoms with Gasteiger partial charge in [-0.1, -0.05) is 30.3 Å². The largest absolute Gasteiger partial charge is 0.478 e. The number of hydrogen-bond acceptors (Lipinski definition) is 1. The molecule has 0 aliphatic heterocycles. The number of carboxylic acids is 1. The van der Waals surface area contributed by atoms with Crippen LogP contribution in [0, 0.1) is 0 Å². The van der Waals surface area contributed by atoms with Crippen molar-refractivity contribution in [3.8, 4) is 0 Å². The molecule has 0 aliphatic rings. The number of aliphatic carboxylic acids is 1. The highest BCUT2D eigenvalue weighted by molar-refractivity contribution is 5.86. The van der Waals surface area contributed by atoms with Crippen molar-refractivity contribution in [1.82, 2.24) is 0 Å². The second-order valence-electron chi connectivity index (χ2n) is 3.00.